The highest BCUT2D eigenvalue weighted by Gasteiger charge is 2.22. The largest absolute Gasteiger partial charge is 0.354 e. The molecule has 1 atom stereocenters. The molecule has 1 N–H and O–H groups in total. The van der Waals surface area contributed by atoms with E-state index >= 15 is 0 Å². The summed E-state index contributed by atoms with van der Waals surface area (Å²) in [5.41, 5.74) is 1.65. The first-order valence-corrected chi connectivity index (χ1v) is 9.13. The molecule has 1 heterocycles. The van der Waals surface area contributed by atoms with Crippen molar-refractivity contribution >= 4 is 5.91 Å². The van der Waals surface area contributed by atoms with E-state index < -0.39 is 11.6 Å². The zero-order valence-corrected chi connectivity index (χ0v) is 14.8. The van der Waals surface area contributed by atoms with Crippen molar-refractivity contribution in [2.24, 2.45) is 0 Å². The molecule has 1 aliphatic heterocycles. The molecule has 0 unspecified atom stereocenters. The molecule has 3 rings (SSSR count). The van der Waals surface area contributed by atoms with Crippen LogP contribution in [-0.2, 0) is 11.2 Å². The summed E-state index contributed by atoms with van der Waals surface area (Å²) in [5, 5.41) is 2.96. The molecule has 2 aromatic rings. The van der Waals surface area contributed by atoms with Gasteiger partial charge in [0.2, 0.25) is 5.91 Å². The summed E-state index contributed by atoms with van der Waals surface area (Å²) in [6, 6.07) is 13.9. The number of carbonyl (C=O) groups excluding carboxylic acids is 1. The van der Waals surface area contributed by atoms with Crippen LogP contribution in [0.25, 0.3) is 0 Å². The number of nitrogens with one attached hydrogen (secondary N) is 1. The van der Waals surface area contributed by atoms with Crippen molar-refractivity contribution in [2.75, 3.05) is 19.6 Å². The Hall–Kier alpha value is -2.27. The van der Waals surface area contributed by atoms with Gasteiger partial charge in [-0.05, 0) is 49.2 Å². The average Bonchev–Trinajstić information content (AvgIpc) is 2.67. The second-order valence-electron chi connectivity index (χ2n) is 6.75. The quantitative estimate of drug-likeness (QED) is 0.851. The first-order chi connectivity index (χ1) is 12.6. The number of hydrogen-bond donors (Lipinski definition) is 1. The van der Waals surface area contributed by atoms with Crippen LogP contribution in [0.3, 0.4) is 0 Å². The lowest BCUT2D eigenvalue weighted by molar-refractivity contribution is -0.120. The Kier molecular flexibility index (Phi) is 6.34. The molecule has 0 bridgehead atoms. The SMILES string of the molecule is O=C(Cc1ccc(F)c(F)c1)NC[C@@H](c1ccccc1)N1CCCCC1. The number of rotatable bonds is 6. The lowest BCUT2D eigenvalue weighted by Crippen LogP contribution is -2.41. The third kappa shape index (κ3) is 4.88. The highest BCUT2D eigenvalue weighted by Crippen LogP contribution is 2.24. The molecule has 0 radical (unpaired) electrons. The van der Waals surface area contributed by atoms with Crippen molar-refractivity contribution in [1.82, 2.24) is 10.2 Å². The molecular weight excluding hydrogens is 334 g/mol. The van der Waals surface area contributed by atoms with Crippen LogP contribution >= 0.6 is 0 Å². The molecule has 138 valence electrons. The Labute approximate surface area is 153 Å². The van der Waals surface area contributed by atoms with E-state index in [0.717, 1.165) is 25.2 Å². The monoisotopic (exact) mass is 358 g/mol. The van der Waals surface area contributed by atoms with Crippen LogP contribution in [0.2, 0.25) is 0 Å². The fourth-order valence-electron chi connectivity index (χ4n) is 3.47. The molecule has 0 saturated carbocycles. The number of nitrogens with zero attached hydrogens (tertiary/aromatic N) is 1. The predicted octanol–water partition coefficient (Wildman–Crippen LogP) is 3.85. The van der Waals surface area contributed by atoms with Gasteiger partial charge < -0.3 is 5.32 Å². The van der Waals surface area contributed by atoms with Gasteiger partial charge in [0.15, 0.2) is 11.6 Å². The molecule has 26 heavy (non-hydrogen) atoms. The first-order valence-electron chi connectivity index (χ1n) is 9.13. The third-order valence-electron chi connectivity index (χ3n) is 4.86. The molecule has 0 spiro atoms. The van der Waals surface area contributed by atoms with Crippen LogP contribution in [-0.4, -0.2) is 30.4 Å². The van der Waals surface area contributed by atoms with E-state index in [1.165, 1.54) is 30.9 Å². The van der Waals surface area contributed by atoms with Gasteiger partial charge in [-0.3, -0.25) is 9.69 Å². The Balaban J connectivity index is 1.63. The minimum absolute atomic E-state index is 0.0404. The standard InChI is InChI=1S/C21H24F2N2O/c22-18-10-9-16(13-19(18)23)14-21(26)24-15-20(17-7-3-1-4-8-17)25-11-5-2-6-12-25/h1,3-4,7-10,13,20H,2,5-6,11-12,14-15H2,(H,24,26)/t20-/m0/s1. The van der Waals surface area contributed by atoms with E-state index in [4.69, 9.17) is 0 Å². The molecule has 1 saturated heterocycles. The fraction of sp³-hybridized carbons (Fsp3) is 0.381. The van der Waals surface area contributed by atoms with E-state index in [-0.39, 0.29) is 18.4 Å². The van der Waals surface area contributed by atoms with Crippen molar-refractivity contribution < 1.29 is 13.6 Å². The minimum atomic E-state index is -0.925. The van der Waals surface area contributed by atoms with Gasteiger partial charge in [0.05, 0.1) is 12.5 Å². The maximum Gasteiger partial charge on any atom is 0.224 e. The molecule has 1 amide bonds. The van der Waals surface area contributed by atoms with Crippen molar-refractivity contribution in [3.05, 3.63) is 71.3 Å². The van der Waals surface area contributed by atoms with Gasteiger partial charge in [0, 0.05) is 6.54 Å². The van der Waals surface area contributed by atoms with Crippen molar-refractivity contribution in [1.29, 1.82) is 0 Å². The molecule has 5 heteroatoms. The van der Waals surface area contributed by atoms with Gasteiger partial charge in [-0.25, -0.2) is 8.78 Å². The van der Waals surface area contributed by atoms with Gasteiger partial charge in [0.1, 0.15) is 0 Å². The molecule has 1 fully saturated rings. The van der Waals surface area contributed by atoms with Gasteiger partial charge >= 0.3 is 0 Å². The number of halogens is 2. The second kappa shape index (κ2) is 8.90. The number of carbonyl (C=O) groups is 1. The topological polar surface area (TPSA) is 32.3 Å². The Morgan fingerprint density at radius 3 is 2.42 bits per heavy atom. The zero-order valence-electron chi connectivity index (χ0n) is 14.8. The number of piperidine rings is 1. The van der Waals surface area contributed by atoms with E-state index in [1.807, 2.05) is 18.2 Å². The summed E-state index contributed by atoms with van der Waals surface area (Å²) < 4.78 is 26.3. The summed E-state index contributed by atoms with van der Waals surface area (Å²) in [4.78, 5) is 14.7. The summed E-state index contributed by atoms with van der Waals surface area (Å²) in [6.45, 7) is 2.56. The van der Waals surface area contributed by atoms with Crippen LogP contribution in [0, 0.1) is 11.6 Å². The molecule has 2 aromatic carbocycles. The number of likely N-dealkylation sites (tertiary alicyclic amines) is 1. The average molecular weight is 358 g/mol. The number of hydrogen-bond acceptors (Lipinski definition) is 2. The van der Waals surface area contributed by atoms with Crippen LogP contribution in [0.15, 0.2) is 48.5 Å². The number of amides is 1. The maximum atomic E-state index is 13.3. The van der Waals surface area contributed by atoms with E-state index in [2.05, 4.69) is 22.3 Å². The van der Waals surface area contributed by atoms with Gasteiger partial charge in [0.25, 0.3) is 0 Å². The summed E-state index contributed by atoms with van der Waals surface area (Å²) >= 11 is 0. The smallest absolute Gasteiger partial charge is 0.224 e. The van der Waals surface area contributed by atoms with Crippen LogP contribution in [0.5, 0.6) is 0 Å². The highest BCUT2D eigenvalue weighted by molar-refractivity contribution is 5.78. The second-order valence-corrected chi connectivity index (χ2v) is 6.75. The zero-order chi connectivity index (χ0) is 18.4. The van der Waals surface area contributed by atoms with Gasteiger partial charge in [-0.15, -0.1) is 0 Å². The van der Waals surface area contributed by atoms with Crippen molar-refractivity contribution in [3.63, 3.8) is 0 Å². The van der Waals surface area contributed by atoms with E-state index in [0.29, 0.717) is 12.1 Å². The van der Waals surface area contributed by atoms with Gasteiger partial charge in [-0.2, -0.15) is 0 Å². The van der Waals surface area contributed by atoms with E-state index in [9.17, 15) is 13.6 Å². The van der Waals surface area contributed by atoms with E-state index in [1.54, 1.807) is 0 Å². The lowest BCUT2D eigenvalue weighted by Gasteiger charge is -2.35. The Bertz CT molecular complexity index is 730. The third-order valence-corrected chi connectivity index (χ3v) is 4.86. The van der Waals surface area contributed by atoms with Crippen molar-refractivity contribution in [2.45, 2.75) is 31.7 Å². The summed E-state index contributed by atoms with van der Waals surface area (Å²) in [7, 11) is 0. The summed E-state index contributed by atoms with van der Waals surface area (Å²) in [5.74, 6) is -2.01. The lowest BCUT2D eigenvalue weighted by atomic mass is 10.0. The molecule has 3 nitrogen and oxygen atoms in total. The van der Waals surface area contributed by atoms with Crippen LogP contribution in [0.1, 0.15) is 36.4 Å². The van der Waals surface area contributed by atoms with Gasteiger partial charge in [-0.1, -0.05) is 42.8 Å². The summed E-state index contributed by atoms with van der Waals surface area (Å²) in [6.07, 6.45) is 3.64. The predicted molar refractivity (Wildman–Crippen MR) is 97.7 cm³/mol. The maximum absolute atomic E-state index is 13.3. The fourth-order valence-corrected chi connectivity index (χ4v) is 3.47. The van der Waals surface area contributed by atoms with Crippen LogP contribution < -0.4 is 5.32 Å². The highest BCUT2D eigenvalue weighted by atomic mass is 19.2. The Morgan fingerprint density at radius 2 is 1.73 bits per heavy atom. The Morgan fingerprint density at radius 1 is 1.00 bits per heavy atom. The minimum Gasteiger partial charge on any atom is -0.354 e. The number of benzene rings is 2. The first kappa shape index (κ1) is 18.5. The molecule has 0 aliphatic carbocycles. The molecule has 1 aliphatic rings. The molecular formula is C21H24F2N2O. The van der Waals surface area contributed by atoms with Crippen LogP contribution in [0.4, 0.5) is 8.78 Å². The van der Waals surface area contributed by atoms with Crippen molar-refractivity contribution in [3.8, 4) is 0 Å². The normalized spacial score (nSPS) is 16.2. The molecule has 0 aromatic heterocycles.